The third kappa shape index (κ3) is 22.7. The molecule has 0 fully saturated rings. The van der Waals surface area contributed by atoms with Gasteiger partial charge >= 0.3 is 6.03 Å². The van der Waals surface area contributed by atoms with Gasteiger partial charge in [-0.05, 0) is 123 Å². The van der Waals surface area contributed by atoms with E-state index in [9.17, 15) is 39.2 Å². The maximum absolute atomic E-state index is 13.5. The van der Waals surface area contributed by atoms with Crippen molar-refractivity contribution < 1.29 is 76.7 Å². The Balaban J connectivity index is 1.17. The van der Waals surface area contributed by atoms with E-state index in [-0.39, 0.29) is 102 Å². The van der Waals surface area contributed by atoms with Crippen LogP contribution in [0.1, 0.15) is 36.8 Å². The van der Waals surface area contributed by atoms with Crippen LogP contribution in [0.2, 0.25) is 10.0 Å². The van der Waals surface area contributed by atoms with Crippen LogP contribution in [0.5, 0.6) is 34.5 Å². The molecule has 6 rings (SSSR count). The van der Waals surface area contributed by atoms with Crippen LogP contribution in [-0.4, -0.2) is 113 Å². The molecule has 0 aromatic heterocycles. The van der Waals surface area contributed by atoms with Crippen LogP contribution in [-0.2, 0) is 30.4 Å². The van der Waals surface area contributed by atoms with E-state index in [1.54, 1.807) is 68.4 Å². The highest BCUT2D eigenvalue weighted by Gasteiger charge is 2.17. The lowest BCUT2D eigenvalue weighted by Crippen LogP contribution is -2.20. The molecule has 0 atom stereocenters. The number of nitrogens with zero attached hydrogens (tertiary/aromatic N) is 8. The number of carbonyl (C=O) groups is 1. The van der Waals surface area contributed by atoms with E-state index in [0.29, 0.717) is 80.5 Å². The van der Waals surface area contributed by atoms with E-state index < -0.39 is 53.6 Å². The molecule has 0 saturated carbocycles. The van der Waals surface area contributed by atoms with Crippen LogP contribution < -0.4 is 39.1 Å². The van der Waals surface area contributed by atoms with Crippen molar-refractivity contribution in [3.8, 4) is 34.5 Å². The molecule has 0 aliphatic heterocycles. The van der Waals surface area contributed by atoms with Gasteiger partial charge in [0.25, 0.3) is 30.4 Å². The standard InChI is InChI=1S/C53H58Cl2N10O17S4/c1-33-25-45(51(81-19-7-23-85(71,72)73)31-43(33)62-60-41-13-9-35(54)27-49(41)79-17-5-21-83-67)64-58-37-11-15-39(47(29-37)77-3)56-53(66)57-40-16-12-38(30-48(40)78-4)59-65-46-26-34(2)44(32-52(46)82-20-8-24-86(74,75)76)63-61-42-14-10-36(55)28-50(42)80-18-6-22-84(68,69)70/h9-16,25-32,67H,5-8,17-24H2,1-4H3,(H2,56,57,66)(H,68,69,70)(H,71,72,73)(H,74,75,76)/b62-60+,63-61+,64-58+,65-59?. The van der Waals surface area contributed by atoms with Crippen molar-refractivity contribution in [1.82, 2.24) is 0 Å². The summed E-state index contributed by atoms with van der Waals surface area (Å²) in [5, 5.41) is 41.1. The molecule has 6 aromatic carbocycles. The van der Waals surface area contributed by atoms with Crippen LogP contribution in [0.4, 0.5) is 61.7 Å². The zero-order valence-electron chi connectivity index (χ0n) is 46.3. The van der Waals surface area contributed by atoms with Gasteiger partial charge in [-0.25, -0.2) is 4.79 Å². The smallest absolute Gasteiger partial charge is 0.323 e. The molecule has 0 bridgehead atoms. The number of hydrogen-bond acceptors (Lipinski definition) is 23. The first-order chi connectivity index (χ1) is 40.9. The normalized spacial score (nSPS) is 12.1. The first-order valence-corrected chi connectivity index (χ1v) is 32.0. The number of carbonyl (C=O) groups excluding carboxylic acids is 1. The number of halogens is 2. The van der Waals surface area contributed by atoms with E-state index in [4.69, 9.17) is 60.7 Å². The highest BCUT2D eigenvalue weighted by Crippen LogP contribution is 2.42. The molecule has 6 aromatic rings. The molecular formula is C53H58Cl2N10O17S4. The first kappa shape index (κ1) is 67.5. The number of ether oxygens (including phenoxy) is 6. The third-order valence-corrected chi connectivity index (χ3v) is 14.7. The van der Waals surface area contributed by atoms with E-state index in [0.717, 1.165) is 0 Å². The number of azo groups is 4. The number of benzene rings is 6. The van der Waals surface area contributed by atoms with Crippen LogP contribution >= 0.6 is 35.2 Å². The molecule has 0 unspecified atom stereocenters. The van der Waals surface area contributed by atoms with Crippen molar-refractivity contribution in [2.24, 2.45) is 40.9 Å². The number of urea groups is 1. The van der Waals surface area contributed by atoms with Crippen molar-refractivity contribution >= 4 is 129 Å². The van der Waals surface area contributed by atoms with Crippen molar-refractivity contribution in [2.45, 2.75) is 39.5 Å². The summed E-state index contributed by atoms with van der Waals surface area (Å²) in [6, 6.07) is 24.2. The maximum Gasteiger partial charge on any atom is 0.323 e. The monoisotopic (exact) mass is 1300 g/mol. The number of methoxy groups -OCH3 is 2. The van der Waals surface area contributed by atoms with Gasteiger partial charge in [-0.2, -0.15) is 45.7 Å². The fraction of sp³-hybridized carbons (Fsp3) is 0.302. The number of aryl methyl sites for hydroxylation is 2. The third-order valence-electron chi connectivity index (χ3n) is 11.4. The average Bonchev–Trinajstić information content (AvgIpc) is 1.82. The molecule has 6 N–H and O–H groups in total. The van der Waals surface area contributed by atoms with Crippen molar-refractivity contribution in [1.29, 1.82) is 0 Å². The first-order valence-electron chi connectivity index (χ1n) is 25.5. The molecule has 0 aliphatic carbocycles. The van der Waals surface area contributed by atoms with Gasteiger partial charge in [0.15, 0.2) is 0 Å². The van der Waals surface area contributed by atoms with Crippen LogP contribution in [0, 0.1) is 13.8 Å². The van der Waals surface area contributed by atoms with Gasteiger partial charge in [-0.15, -0.1) is 20.5 Å². The van der Waals surface area contributed by atoms with Gasteiger partial charge in [0.1, 0.15) is 57.2 Å². The highest BCUT2D eigenvalue weighted by atomic mass is 35.5. The molecule has 33 heteroatoms. The number of amides is 2. The molecular weight excluding hydrogens is 1250 g/mol. The molecule has 0 saturated heterocycles. The fourth-order valence-electron chi connectivity index (χ4n) is 7.28. The predicted molar refractivity (Wildman–Crippen MR) is 325 cm³/mol. The van der Waals surface area contributed by atoms with Gasteiger partial charge in [-0.3, -0.25) is 13.7 Å². The summed E-state index contributed by atoms with van der Waals surface area (Å²) in [5.41, 5.74) is 3.91. The Morgan fingerprint density at radius 3 is 1.16 bits per heavy atom. The van der Waals surface area contributed by atoms with Gasteiger partial charge in [0.2, 0.25) is 0 Å². The quantitative estimate of drug-likeness (QED) is 0.00988. The Morgan fingerprint density at radius 2 is 0.802 bits per heavy atom. The topological polar surface area (TPSA) is 379 Å². The summed E-state index contributed by atoms with van der Waals surface area (Å²) in [5.74, 6) is 0.0729. The van der Waals surface area contributed by atoms with E-state index >= 15 is 0 Å². The Bertz CT molecular complexity index is 3840. The van der Waals surface area contributed by atoms with Gasteiger partial charge in [-0.1, -0.05) is 23.2 Å². The van der Waals surface area contributed by atoms with E-state index in [1.807, 2.05) is 0 Å². The van der Waals surface area contributed by atoms with Crippen LogP contribution in [0.15, 0.2) is 138 Å². The van der Waals surface area contributed by atoms with Gasteiger partial charge in [0, 0.05) is 52.2 Å². The molecule has 86 heavy (non-hydrogen) atoms. The molecule has 0 spiro atoms. The van der Waals surface area contributed by atoms with Gasteiger partial charge in [0.05, 0.1) is 92.0 Å². The molecule has 0 heterocycles. The van der Waals surface area contributed by atoms with Crippen molar-refractivity contribution in [3.05, 3.63) is 118 Å². The summed E-state index contributed by atoms with van der Waals surface area (Å²) in [6.07, 6.45) is 0.424. The second kappa shape index (κ2) is 32.2. The summed E-state index contributed by atoms with van der Waals surface area (Å²) in [7, 11) is -9.97. The second-order valence-corrected chi connectivity index (χ2v) is 24.3. The predicted octanol–water partition coefficient (Wildman–Crippen LogP) is 14.9. The van der Waals surface area contributed by atoms with E-state index in [2.05, 4.69) is 51.5 Å². The Kier molecular flexibility index (Phi) is 25.3. The number of hydrogen-bond donors (Lipinski definition) is 6. The number of anilines is 2. The summed E-state index contributed by atoms with van der Waals surface area (Å²) < 4.78 is 139. The number of nitrogens with one attached hydrogen (secondary N) is 2. The highest BCUT2D eigenvalue weighted by molar-refractivity contribution is 7.93. The minimum absolute atomic E-state index is 0.0143. The lowest BCUT2D eigenvalue weighted by Gasteiger charge is -2.14. The molecule has 27 nitrogen and oxygen atoms in total. The molecule has 460 valence electrons. The lowest BCUT2D eigenvalue weighted by molar-refractivity contribution is 0.262. The zero-order chi connectivity index (χ0) is 62.4. The Morgan fingerprint density at radius 1 is 0.453 bits per heavy atom. The molecule has 0 radical (unpaired) electrons. The summed E-state index contributed by atoms with van der Waals surface area (Å²) in [4.78, 5) is 13.5. The summed E-state index contributed by atoms with van der Waals surface area (Å²) in [6.45, 7) is 3.39. The van der Waals surface area contributed by atoms with Gasteiger partial charge < -0.3 is 43.6 Å². The van der Waals surface area contributed by atoms with E-state index in [1.165, 1.54) is 56.7 Å². The SMILES string of the molecule is COc1cc(N=Nc2cc(C)c(/N=N/c3ccc(Cl)cc3OCCCS(=O)(=O)O)cc2OCCCS(=O)(=O)O)ccc1NC(=O)Nc1ccc(/N=N/c2cc(C)c(/N=N/c3ccc(Cl)cc3OCCCSO)cc2OCCCS(=O)(=O)O)cc1OC. The Labute approximate surface area is 509 Å². The van der Waals surface area contributed by atoms with Crippen molar-refractivity contribution in [3.63, 3.8) is 0 Å². The lowest BCUT2D eigenvalue weighted by atomic mass is 10.1. The second-order valence-electron chi connectivity index (χ2n) is 18.1. The largest absolute Gasteiger partial charge is 0.494 e. The fourth-order valence-corrected chi connectivity index (χ4v) is 9.30. The minimum Gasteiger partial charge on any atom is -0.494 e. The average molecular weight is 1310 g/mol. The number of rotatable bonds is 32. The Hall–Kier alpha value is -7.59. The van der Waals surface area contributed by atoms with Crippen molar-refractivity contribution in [2.75, 3.05) is 74.3 Å². The van der Waals surface area contributed by atoms with Crippen LogP contribution in [0.25, 0.3) is 0 Å². The molecule has 0 aliphatic rings. The maximum atomic E-state index is 13.5. The zero-order valence-corrected chi connectivity index (χ0v) is 51.1. The summed E-state index contributed by atoms with van der Waals surface area (Å²) >= 11 is 13.1. The minimum atomic E-state index is -4.28. The molecule has 2 amide bonds. The van der Waals surface area contributed by atoms with Crippen LogP contribution in [0.3, 0.4) is 0 Å².